The van der Waals surface area contributed by atoms with Crippen molar-refractivity contribution >= 4 is 11.8 Å². The zero-order valence-corrected chi connectivity index (χ0v) is 12.4. The molecule has 0 aromatic rings. The summed E-state index contributed by atoms with van der Waals surface area (Å²) in [5.41, 5.74) is 5.23. The second-order valence-electron chi connectivity index (χ2n) is 5.45. The minimum atomic E-state index is -0.601. The van der Waals surface area contributed by atoms with Gasteiger partial charge in [-0.1, -0.05) is 13.8 Å². The lowest BCUT2D eigenvalue weighted by atomic mass is 10.0. The number of methoxy groups -OCH3 is 1. The van der Waals surface area contributed by atoms with Crippen LogP contribution in [0, 0.1) is 5.92 Å². The van der Waals surface area contributed by atoms with Crippen molar-refractivity contribution in [3.05, 3.63) is 0 Å². The second kappa shape index (κ2) is 7.56. The van der Waals surface area contributed by atoms with Crippen LogP contribution in [0.5, 0.6) is 0 Å². The Morgan fingerprint density at radius 1 is 1.40 bits per heavy atom. The van der Waals surface area contributed by atoms with Crippen LogP contribution < -0.4 is 16.4 Å². The highest BCUT2D eigenvalue weighted by molar-refractivity contribution is 5.87. The molecule has 1 saturated heterocycles. The van der Waals surface area contributed by atoms with Gasteiger partial charge in [0.25, 0.3) is 0 Å². The van der Waals surface area contributed by atoms with Crippen LogP contribution in [-0.4, -0.2) is 56.9 Å². The normalized spacial score (nSPS) is 23.6. The minimum Gasteiger partial charge on any atom is -0.378 e. The predicted octanol–water partition coefficient (Wildman–Crippen LogP) is -0.992. The maximum atomic E-state index is 11.7. The van der Waals surface area contributed by atoms with Crippen LogP contribution in [0.1, 0.15) is 20.3 Å². The standard InChI is InChI=1S/C13H25N3O4/c1-9(2)11(14)12(18)15-6-10(17)16-7-13(19-3)4-5-20-8-13/h9,11H,4-8,14H2,1-3H3,(H,15,18)(H,16,17)/t11-,13?/m0/s1. The highest BCUT2D eigenvalue weighted by Gasteiger charge is 2.35. The number of carbonyl (C=O) groups excluding carboxylic acids is 2. The zero-order valence-electron chi connectivity index (χ0n) is 12.4. The summed E-state index contributed by atoms with van der Waals surface area (Å²) in [5, 5.41) is 5.26. The fourth-order valence-corrected chi connectivity index (χ4v) is 1.87. The van der Waals surface area contributed by atoms with E-state index < -0.39 is 11.6 Å². The highest BCUT2D eigenvalue weighted by Crippen LogP contribution is 2.21. The quantitative estimate of drug-likeness (QED) is 0.558. The molecular weight excluding hydrogens is 262 g/mol. The van der Waals surface area contributed by atoms with Gasteiger partial charge in [-0.3, -0.25) is 9.59 Å². The summed E-state index contributed by atoms with van der Waals surface area (Å²) in [5.74, 6) is -0.552. The van der Waals surface area contributed by atoms with E-state index in [9.17, 15) is 9.59 Å². The van der Waals surface area contributed by atoms with Crippen molar-refractivity contribution in [1.82, 2.24) is 10.6 Å². The lowest BCUT2D eigenvalue weighted by Crippen LogP contribution is -2.50. The molecule has 0 aromatic heterocycles. The molecule has 7 heteroatoms. The topological polar surface area (TPSA) is 103 Å². The molecule has 1 fully saturated rings. The van der Waals surface area contributed by atoms with Crippen molar-refractivity contribution in [2.45, 2.75) is 31.9 Å². The van der Waals surface area contributed by atoms with Crippen molar-refractivity contribution < 1.29 is 19.1 Å². The molecule has 0 aliphatic carbocycles. The molecule has 1 aliphatic rings. The number of nitrogens with two attached hydrogens (primary N) is 1. The molecule has 20 heavy (non-hydrogen) atoms. The van der Waals surface area contributed by atoms with Crippen LogP contribution in [0.2, 0.25) is 0 Å². The molecule has 0 bridgehead atoms. The Balaban J connectivity index is 2.28. The van der Waals surface area contributed by atoms with Gasteiger partial charge in [-0.15, -0.1) is 0 Å². The summed E-state index contributed by atoms with van der Waals surface area (Å²) in [6.07, 6.45) is 0.744. The fraction of sp³-hybridized carbons (Fsp3) is 0.846. The van der Waals surface area contributed by atoms with E-state index in [1.807, 2.05) is 13.8 Å². The molecule has 0 spiro atoms. The minimum absolute atomic E-state index is 0.0328. The number of carbonyl (C=O) groups is 2. The van der Waals surface area contributed by atoms with Crippen LogP contribution in [0.3, 0.4) is 0 Å². The molecule has 0 saturated carbocycles. The Labute approximate surface area is 119 Å². The molecule has 116 valence electrons. The maximum absolute atomic E-state index is 11.7. The third-order valence-corrected chi connectivity index (χ3v) is 3.55. The summed E-state index contributed by atoms with van der Waals surface area (Å²) < 4.78 is 10.7. The molecular formula is C13H25N3O4. The number of ether oxygens (including phenoxy) is 2. The Hall–Kier alpha value is -1.18. The smallest absolute Gasteiger partial charge is 0.239 e. The van der Waals surface area contributed by atoms with Crippen LogP contribution in [0.25, 0.3) is 0 Å². The van der Waals surface area contributed by atoms with Crippen molar-refractivity contribution in [2.75, 3.05) is 33.4 Å². The van der Waals surface area contributed by atoms with Gasteiger partial charge in [0, 0.05) is 26.7 Å². The van der Waals surface area contributed by atoms with Crippen molar-refractivity contribution in [2.24, 2.45) is 11.7 Å². The van der Waals surface area contributed by atoms with Gasteiger partial charge < -0.3 is 25.8 Å². The molecule has 1 heterocycles. The van der Waals surface area contributed by atoms with Crippen molar-refractivity contribution in [1.29, 1.82) is 0 Å². The largest absolute Gasteiger partial charge is 0.378 e. The maximum Gasteiger partial charge on any atom is 0.239 e. The molecule has 7 nitrogen and oxygen atoms in total. The Kier molecular flexibility index (Phi) is 6.38. The van der Waals surface area contributed by atoms with Gasteiger partial charge in [-0.05, 0) is 5.92 Å². The van der Waals surface area contributed by atoms with E-state index in [2.05, 4.69) is 10.6 Å². The molecule has 2 atom stereocenters. The lowest BCUT2D eigenvalue weighted by molar-refractivity contribution is -0.128. The summed E-state index contributed by atoms with van der Waals surface area (Å²) in [6.45, 7) is 5.09. The van der Waals surface area contributed by atoms with Crippen molar-refractivity contribution in [3.63, 3.8) is 0 Å². The van der Waals surface area contributed by atoms with E-state index in [0.29, 0.717) is 19.8 Å². The van der Waals surface area contributed by atoms with Gasteiger partial charge >= 0.3 is 0 Å². The highest BCUT2D eigenvalue weighted by atomic mass is 16.5. The molecule has 0 aromatic carbocycles. The van der Waals surface area contributed by atoms with E-state index in [-0.39, 0.29) is 24.3 Å². The monoisotopic (exact) mass is 287 g/mol. The number of hydrogen-bond donors (Lipinski definition) is 3. The Morgan fingerprint density at radius 3 is 2.60 bits per heavy atom. The van der Waals surface area contributed by atoms with E-state index in [0.717, 1.165) is 6.42 Å². The van der Waals surface area contributed by atoms with Crippen LogP contribution in [-0.2, 0) is 19.1 Å². The first-order valence-electron chi connectivity index (χ1n) is 6.83. The molecule has 1 unspecified atom stereocenters. The summed E-state index contributed by atoms with van der Waals surface area (Å²) in [4.78, 5) is 23.3. The molecule has 0 radical (unpaired) electrons. The number of rotatable bonds is 7. The lowest BCUT2D eigenvalue weighted by Gasteiger charge is -2.26. The fourth-order valence-electron chi connectivity index (χ4n) is 1.87. The summed E-state index contributed by atoms with van der Waals surface area (Å²) >= 11 is 0. The average molecular weight is 287 g/mol. The summed E-state index contributed by atoms with van der Waals surface area (Å²) in [6, 6.07) is -0.601. The van der Waals surface area contributed by atoms with E-state index in [1.165, 1.54) is 0 Å². The van der Waals surface area contributed by atoms with Gasteiger partial charge in [0.2, 0.25) is 11.8 Å². The SMILES string of the molecule is COC1(CNC(=O)CNC(=O)[C@@H](N)C(C)C)CCOC1. The van der Waals surface area contributed by atoms with Crippen LogP contribution in [0.15, 0.2) is 0 Å². The number of amides is 2. The average Bonchev–Trinajstić information content (AvgIpc) is 2.91. The first-order chi connectivity index (χ1) is 9.40. The van der Waals surface area contributed by atoms with Gasteiger partial charge in [0.05, 0.1) is 19.2 Å². The first-order valence-corrected chi connectivity index (χ1v) is 6.83. The Morgan fingerprint density at radius 2 is 2.10 bits per heavy atom. The van der Waals surface area contributed by atoms with Crippen molar-refractivity contribution in [3.8, 4) is 0 Å². The predicted molar refractivity (Wildman–Crippen MR) is 74.0 cm³/mol. The summed E-state index contributed by atoms with van der Waals surface area (Å²) in [7, 11) is 1.60. The number of hydrogen-bond acceptors (Lipinski definition) is 5. The number of nitrogens with one attached hydrogen (secondary N) is 2. The van der Waals surface area contributed by atoms with E-state index in [4.69, 9.17) is 15.2 Å². The molecule has 1 aliphatic heterocycles. The van der Waals surface area contributed by atoms with Gasteiger partial charge in [-0.25, -0.2) is 0 Å². The van der Waals surface area contributed by atoms with Gasteiger partial charge in [0.15, 0.2) is 0 Å². The van der Waals surface area contributed by atoms with Crippen LogP contribution >= 0.6 is 0 Å². The molecule has 1 rings (SSSR count). The van der Waals surface area contributed by atoms with E-state index >= 15 is 0 Å². The third-order valence-electron chi connectivity index (χ3n) is 3.55. The zero-order chi connectivity index (χ0) is 15.2. The second-order valence-corrected chi connectivity index (χ2v) is 5.45. The Bertz CT molecular complexity index is 341. The van der Waals surface area contributed by atoms with E-state index in [1.54, 1.807) is 7.11 Å². The van der Waals surface area contributed by atoms with Crippen LogP contribution in [0.4, 0.5) is 0 Å². The van der Waals surface area contributed by atoms with Gasteiger partial charge in [-0.2, -0.15) is 0 Å². The third kappa shape index (κ3) is 4.73. The van der Waals surface area contributed by atoms with Gasteiger partial charge in [0.1, 0.15) is 5.60 Å². The molecule has 2 amide bonds. The molecule has 4 N–H and O–H groups in total. The first kappa shape index (κ1) is 16.9.